The van der Waals surface area contributed by atoms with Gasteiger partial charge in [-0.1, -0.05) is 33.1 Å². The molecule has 0 atom stereocenters. The first-order valence-corrected chi connectivity index (χ1v) is 17.7. The van der Waals surface area contributed by atoms with Gasteiger partial charge in [0, 0.05) is 40.9 Å². The summed E-state index contributed by atoms with van der Waals surface area (Å²) >= 11 is 0. The number of hydrogen-bond donors (Lipinski definition) is 5. The zero-order valence-electron chi connectivity index (χ0n) is 31.6. The number of urea groups is 2. The standard InChI is InChI=1S/C22H18F4N4O4.C19H13F4N3O2.2CH4/c23-13-5-6-14(17(26)10-13)19-12(11-34-22(33)28-8-9-31)4-7-18(29-19)30(21(27)32)20-15(24)2-1-3-16(20)25;20-11-5-6-12(15(23)8-11)17-10(9-27)4-7-16(25-17)26(19(24)28)18-13(21)2-1-3-14(18)22;;/h1-7,10,31H,8-9,11H2,(H2,27,32)(H,28,33);1-8,27H,9H2,(H2,24,28);2*1H4. The highest BCUT2D eigenvalue weighted by molar-refractivity contribution is 5.99. The van der Waals surface area contributed by atoms with Gasteiger partial charge in [0.2, 0.25) is 0 Å². The van der Waals surface area contributed by atoms with Gasteiger partial charge in [-0.15, -0.1) is 0 Å². The lowest BCUT2D eigenvalue weighted by molar-refractivity contribution is 0.137. The van der Waals surface area contributed by atoms with Crippen LogP contribution in [0.25, 0.3) is 22.5 Å². The zero-order chi connectivity index (χ0) is 45.2. The van der Waals surface area contributed by atoms with E-state index in [0.717, 1.165) is 66.7 Å². The molecule has 7 N–H and O–H groups in total. The van der Waals surface area contributed by atoms with Crippen molar-refractivity contribution in [2.24, 2.45) is 11.5 Å². The maximum atomic E-state index is 14.6. The molecule has 13 nitrogen and oxygen atoms in total. The Balaban J connectivity index is 0.000000335. The van der Waals surface area contributed by atoms with Gasteiger partial charge in [0.15, 0.2) is 0 Å². The van der Waals surface area contributed by atoms with E-state index >= 15 is 0 Å². The monoisotopic (exact) mass is 901 g/mol. The van der Waals surface area contributed by atoms with Gasteiger partial charge in [-0.2, -0.15) is 0 Å². The molecule has 6 aromatic rings. The predicted octanol–water partition coefficient (Wildman–Crippen LogP) is 9.03. The van der Waals surface area contributed by atoms with Crippen molar-refractivity contribution < 1.29 is 64.5 Å². The highest BCUT2D eigenvalue weighted by Gasteiger charge is 2.27. The molecule has 21 heteroatoms. The van der Waals surface area contributed by atoms with E-state index in [-0.39, 0.29) is 73.3 Å². The largest absolute Gasteiger partial charge is 0.445 e. The lowest BCUT2D eigenvalue weighted by Crippen LogP contribution is -2.33. The Bertz CT molecular complexity index is 2600. The number of carbonyl (C=O) groups excluding carboxylic acids is 3. The number of hydrogen-bond acceptors (Lipinski definition) is 8. The minimum atomic E-state index is -1.28. The van der Waals surface area contributed by atoms with Gasteiger partial charge in [-0.3, -0.25) is 0 Å². The molecule has 0 saturated heterocycles. The normalized spacial score (nSPS) is 10.3. The van der Waals surface area contributed by atoms with Gasteiger partial charge in [0.05, 0.1) is 24.6 Å². The number of nitrogens with zero attached hydrogens (tertiary/aromatic N) is 4. The smallest absolute Gasteiger partial charge is 0.407 e. The minimum Gasteiger partial charge on any atom is -0.445 e. The maximum absolute atomic E-state index is 14.6. The Morgan fingerprint density at radius 1 is 0.578 bits per heavy atom. The van der Waals surface area contributed by atoms with Crippen molar-refractivity contribution in [2.45, 2.75) is 28.1 Å². The summed E-state index contributed by atoms with van der Waals surface area (Å²) in [5.41, 5.74) is 8.58. The third-order valence-corrected chi connectivity index (χ3v) is 8.43. The van der Waals surface area contributed by atoms with Gasteiger partial charge in [0.25, 0.3) is 0 Å². The van der Waals surface area contributed by atoms with E-state index in [0.29, 0.717) is 21.9 Å². The summed E-state index contributed by atoms with van der Waals surface area (Å²) < 4.78 is 118. The lowest BCUT2D eigenvalue weighted by Gasteiger charge is -2.22. The zero-order valence-corrected chi connectivity index (χ0v) is 31.6. The number of amides is 5. The fourth-order valence-electron chi connectivity index (χ4n) is 5.71. The molecule has 6 rings (SSSR count). The number of nitrogens with two attached hydrogens (primary N) is 2. The van der Waals surface area contributed by atoms with Gasteiger partial charge in [0.1, 0.15) is 76.2 Å². The summed E-state index contributed by atoms with van der Waals surface area (Å²) in [4.78, 5) is 44.9. The molecule has 2 aromatic heterocycles. The number of rotatable bonds is 11. The molecule has 64 heavy (non-hydrogen) atoms. The lowest BCUT2D eigenvalue weighted by atomic mass is 10.1. The van der Waals surface area contributed by atoms with E-state index in [4.69, 9.17) is 21.3 Å². The van der Waals surface area contributed by atoms with Crippen LogP contribution in [0.4, 0.5) is 72.5 Å². The molecule has 0 aliphatic heterocycles. The molecular formula is C43H39F8N7O6. The quantitative estimate of drug-likeness (QED) is 0.0794. The number of para-hydroxylation sites is 2. The van der Waals surface area contributed by atoms with Gasteiger partial charge in [-0.05, 0) is 66.7 Å². The summed E-state index contributed by atoms with van der Waals surface area (Å²) in [5.74, 6) is -8.73. The van der Waals surface area contributed by atoms with Crippen LogP contribution in [0.5, 0.6) is 0 Å². The van der Waals surface area contributed by atoms with Gasteiger partial charge < -0.3 is 31.7 Å². The first-order valence-electron chi connectivity index (χ1n) is 17.7. The average molecular weight is 902 g/mol. The van der Waals surface area contributed by atoms with Crippen molar-refractivity contribution in [3.8, 4) is 22.5 Å². The Hall–Kier alpha value is -7.65. The van der Waals surface area contributed by atoms with Crippen LogP contribution in [0, 0.1) is 46.5 Å². The number of ether oxygens (including phenoxy) is 1. The van der Waals surface area contributed by atoms with Crippen molar-refractivity contribution in [2.75, 3.05) is 23.0 Å². The van der Waals surface area contributed by atoms with Crippen LogP contribution in [0.15, 0.2) is 97.1 Å². The highest BCUT2D eigenvalue weighted by Crippen LogP contribution is 2.35. The van der Waals surface area contributed by atoms with E-state index in [1.807, 2.05) is 0 Å². The van der Waals surface area contributed by atoms with E-state index in [1.54, 1.807) is 0 Å². The minimum absolute atomic E-state index is 0. The average Bonchev–Trinajstić information content (AvgIpc) is 3.22. The fraction of sp³-hybridized carbons (Fsp3) is 0.140. The van der Waals surface area contributed by atoms with E-state index in [2.05, 4.69) is 15.3 Å². The second-order valence-electron chi connectivity index (χ2n) is 12.5. The summed E-state index contributed by atoms with van der Waals surface area (Å²) in [7, 11) is 0. The van der Waals surface area contributed by atoms with E-state index in [9.17, 15) is 54.6 Å². The second-order valence-corrected chi connectivity index (χ2v) is 12.5. The number of primary amides is 2. The molecule has 4 aromatic carbocycles. The third-order valence-electron chi connectivity index (χ3n) is 8.43. The van der Waals surface area contributed by atoms with E-state index in [1.165, 1.54) is 18.2 Å². The molecule has 0 radical (unpaired) electrons. The summed E-state index contributed by atoms with van der Waals surface area (Å²) in [6.07, 6.45) is -0.893. The third kappa shape index (κ3) is 11.6. The Morgan fingerprint density at radius 2 is 0.984 bits per heavy atom. The van der Waals surface area contributed by atoms with Crippen molar-refractivity contribution in [1.82, 2.24) is 15.3 Å². The topological polar surface area (TPSA) is 197 Å². The number of alkyl carbamates (subject to hydrolysis) is 1. The molecular weight excluding hydrogens is 862 g/mol. The summed E-state index contributed by atoms with van der Waals surface area (Å²) in [5, 5.41) is 20.5. The molecule has 0 bridgehead atoms. The summed E-state index contributed by atoms with van der Waals surface area (Å²) in [6, 6.07) is 13.5. The van der Waals surface area contributed by atoms with Crippen LogP contribution in [0.3, 0.4) is 0 Å². The predicted molar refractivity (Wildman–Crippen MR) is 220 cm³/mol. The number of pyridine rings is 2. The van der Waals surface area contributed by atoms with Crippen LogP contribution in [-0.2, 0) is 18.0 Å². The molecule has 0 aliphatic carbocycles. The molecule has 0 fully saturated rings. The summed E-state index contributed by atoms with van der Waals surface area (Å²) in [6.45, 7) is -1.39. The van der Waals surface area contributed by atoms with Crippen molar-refractivity contribution in [3.05, 3.63) is 155 Å². The first kappa shape index (κ1) is 50.7. The number of aromatic nitrogens is 2. The van der Waals surface area contributed by atoms with Gasteiger partial charge in [-0.25, -0.2) is 69.3 Å². The molecule has 2 heterocycles. The molecule has 0 spiro atoms. The molecule has 0 unspecified atom stereocenters. The first-order chi connectivity index (χ1) is 29.6. The van der Waals surface area contributed by atoms with Crippen LogP contribution in [-0.4, -0.2) is 51.5 Å². The number of nitrogens with one attached hydrogen (secondary N) is 1. The number of halogens is 8. The van der Waals surface area contributed by atoms with Crippen molar-refractivity contribution in [1.29, 1.82) is 0 Å². The van der Waals surface area contributed by atoms with Crippen LogP contribution < -0.4 is 26.6 Å². The number of anilines is 4. The Morgan fingerprint density at radius 3 is 1.36 bits per heavy atom. The molecule has 338 valence electrons. The molecule has 5 amide bonds. The van der Waals surface area contributed by atoms with Crippen molar-refractivity contribution >= 4 is 41.2 Å². The number of aliphatic hydroxyl groups is 2. The van der Waals surface area contributed by atoms with Gasteiger partial charge >= 0.3 is 18.2 Å². The molecule has 0 saturated carbocycles. The fourth-order valence-corrected chi connectivity index (χ4v) is 5.71. The SMILES string of the molecule is C.C.NC(=O)N(c1ccc(CO)c(-c2ccc(F)cc2F)n1)c1c(F)cccc1F.NC(=O)N(c1ccc(COC(=O)NCCO)c(-c2ccc(F)cc2F)n1)c1c(F)cccc1F. The number of benzene rings is 4. The molecule has 0 aliphatic rings. The van der Waals surface area contributed by atoms with E-state index < -0.39 is 89.3 Å². The number of aliphatic hydroxyl groups excluding tert-OH is 2. The highest BCUT2D eigenvalue weighted by atomic mass is 19.2. The van der Waals surface area contributed by atoms with Crippen LogP contribution in [0.1, 0.15) is 26.0 Å². The van der Waals surface area contributed by atoms with Crippen LogP contribution in [0.2, 0.25) is 0 Å². The maximum Gasteiger partial charge on any atom is 0.407 e. The Kier molecular flexibility index (Phi) is 17.8. The second kappa shape index (κ2) is 22.4. The van der Waals surface area contributed by atoms with Crippen LogP contribution >= 0.6 is 0 Å². The number of carbonyl (C=O) groups is 3. The Labute approximate surface area is 360 Å². The van der Waals surface area contributed by atoms with Crippen molar-refractivity contribution in [3.63, 3.8) is 0 Å².